The molecular weight excluding hydrogens is 280 g/mol. The van der Waals surface area contributed by atoms with Crippen LogP contribution >= 0.6 is 0 Å². The molecule has 4 rings (SSSR count). The summed E-state index contributed by atoms with van der Waals surface area (Å²) >= 11 is 0. The highest BCUT2D eigenvalue weighted by Crippen LogP contribution is 2.58. The highest BCUT2D eigenvalue weighted by molar-refractivity contribution is 5.85. The second-order valence-electron chi connectivity index (χ2n) is 7.55. The molecule has 5 atom stereocenters. The Labute approximate surface area is 132 Å². The van der Waals surface area contributed by atoms with Crippen molar-refractivity contribution in [2.24, 2.45) is 5.92 Å². The highest BCUT2D eigenvalue weighted by Gasteiger charge is 2.71. The molecule has 122 valence electrons. The summed E-state index contributed by atoms with van der Waals surface area (Å²) in [5.41, 5.74) is 1.14. The summed E-state index contributed by atoms with van der Waals surface area (Å²) < 4.78 is 17.5. The predicted molar refractivity (Wildman–Crippen MR) is 81.7 cm³/mol. The van der Waals surface area contributed by atoms with Gasteiger partial charge in [-0.05, 0) is 45.4 Å². The third-order valence-corrected chi connectivity index (χ3v) is 6.21. The number of allylic oxidation sites excluding steroid dienone is 1. The molecule has 0 N–H and O–H groups in total. The summed E-state index contributed by atoms with van der Waals surface area (Å²) in [7, 11) is 1.64. The number of ketones is 1. The molecule has 0 radical (unpaired) electrons. The van der Waals surface area contributed by atoms with Gasteiger partial charge < -0.3 is 14.2 Å². The van der Waals surface area contributed by atoms with Crippen LogP contribution in [0.3, 0.4) is 0 Å². The molecular formula is C18H26O4. The van der Waals surface area contributed by atoms with E-state index in [0.29, 0.717) is 6.42 Å². The summed E-state index contributed by atoms with van der Waals surface area (Å²) in [5, 5.41) is 0. The summed E-state index contributed by atoms with van der Waals surface area (Å²) in [4.78, 5) is 12.3. The van der Waals surface area contributed by atoms with E-state index in [0.717, 1.165) is 19.4 Å². The van der Waals surface area contributed by atoms with E-state index in [4.69, 9.17) is 14.2 Å². The number of ether oxygens (including phenoxy) is 3. The van der Waals surface area contributed by atoms with Crippen LogP contribution in [0.2, 0.25) is 0 Å². The number of Topliss-reactive ketones (excluding diaryl/α,β-unsaturated/α-hetero) is 1. The Morgan fingerprint density at radius 2 is 2.05 bits per heavy atom. The van der Waals surface area contributed by atoms with E-state index in [9.17, 15) is 4.79 Å². The third-order valence-electron chi connectivity index (χ3n) is 6.21. The monoisotopic (exact) mass is 306 g/mol. The Morgan fingerprint density at radius 3 is 2.68 bits per heavy atom. The molecule has 2 aliphatic carbocycles. The van der Waals surface area contributed by atoms with Gasteiger partial charge in [0.15, 0.2) is 5.78 Å². The largest absolute Gasteiger partial charge is 0.373 e. The molecule has 2 aliphatic heterocycles. The van der Waals surface area contributed by atoms with E-state index in [1.807, 2.05) is 0 Å². The van der Waals surface area contributed by atoms with E-state index < -0.39 is 0 Å². The SMILES string of the molecule is CO[C@@H]1C(=O)CC[C@]2(CO2)[C@H]1C1(C)O[C@@H]1CC=C1CCCC1. The van der Waals surface area contributed by atoms with Gasteiger partial charge in [0.25, 0.3) is 0 Å². The first-order valence-electron chi connectivity index (χ1n) is 8.64. The first-order chi connectivity index (χ1) is 10.6. The fraction of sp³-hybridized carbons (Fsp3) is 0.833. The van der Waals surface area contributed by atoms with Gasteiger partial charge in [-0.3, -0.25) is 4.79 Å². The molecule has 0 aromatic heterocycles. The normalized spacial score (nSPS) is 47.1. The summed E-state index contributed by atoms with van der Waals surface area (Å²) in [5.74, 6) is 0.247. The molecule has 1 spiro atoms. The van der Waals surface area contributed by atoms with Crippen molar-refractivity contribution in [1.82, 2.24) is 0 Å². The van der Waals surface area contributed by atoms with Gasteiger partial charge in [0, 0.05) is 13.5 Å². The van der Waals surface area contributed by atoms with Crippen LogP contribution in [0.5, 0.6) is 0 Å². The lowest BCUT2D eigenvalue weighted by Crippen LogP contribution is -2.52. The van der Waals surface area contributed by atoms with Crippen molar-refractivity contribution >= 4 is 5.78 Å². The van der Waals surface area contributed by atoms with Crippen LogP contribution < -0.4 is 0 Å². The molecule has 4 aliphatic rings. The van der Waals surface area contributed by atoms with Crippen molar-refractivity contribution < 1.29 is 19.0 Å². The van der Waals surface area contributed by atoms with E-state index in [1.54, 1.807) is 12.7 Å². The maximum atomic E-state index is 12.3. The first kappa shape index (κ1) is 14.9. The molecule has 2 saturated carbocycles. The maximum Gasteiger partial charge on any atom is 0.162 e. The molecule has 2 heterocycles. The maximum absolute atomic E-state index is 12.3. The Hall–Kier alpha value is -0.710. The smallest absolute Gasteiger partial charge is 0.162 e. The molecule has 22 heavy (non-hydrogen) atoms. The van der Waals surface area contributed by atoms with E-state index >= 15 is 0 Å². The van der Waals surface area contributed by atoms with Crippen LogP contribution in [0.4, 0.5) is 0 Å². The topological polar surface area (TPSA) is 51.4 Å². The van der Waals surface area contributed by atoms with Gasteiger partial charge in [-0.25, -0.2) is 0 Å². The number of hydrogen-bond donors (Lipinski definition) is 0. The number of carbonyl (C=O) groups excluding carboxylic acids is 1. The molecule has 1 unspecified atom stereocenters. The molecule has 4 fully saturated rings. The number of methoxy groups -OCH3 is 1. The predicted octanol–water partition coefficient (Wildman–Crippen LogP) is 2.80. The van der Waals surface area contributed by atoms with Crippen molar-refractivity contribution in [3.8, 4) is 0 Å². The van der Waals surface area contributed by atoms with Gasteiger partial charge in [0.05, 0.1) is 18.6 Å². The minimum absolute atomic E-state index is 0.0400. The van der Waals surface area contributed by atoms with Crippen LogP contribution in [0, 0.1) is 5.92 Å². The Morgan fingerprint density at radius 1 is 1.32 bits per heavy atom. The zero-order valence-corrected chi connectivity index (χ0v) is 13.6. The number of epoxide rings is 2. The third kappa shape index (κ3) is 2.27. The highest BCUT2D eigenvalue weighted by atomic mass is 16.6. The van der Waals surface area contributed by atoms with Crippen LogP contribution in [-0.2, 0) is 19.0 Å². The number of carbonyl (C=O) groups is 1. The van der Waals surface area contributed by atoms with Crippen LogP contribution in [-0.4, -0.2) is 42.9 Å². The quantitative estimate of drug-likeness (QED) is 0.592. The van der Waals surface area contributed by atoms with Crippen molar-refractivity contribution in [1.29, 1.82) is 0 Å². The van der Waals surface area contributed by atoms with Crippen molar-refractivity contribution in [3.05, 3.63) is 11.6 Å². The average molecular weight is 306 g/mol. The van der Waals surface area contributed by atoms with Gasteiger partial charge >= 0.3 is 0 Å². The molecule has 0 aromatic rings. The van der Waals surface area contributed by atoms with Crippen molar-refractivity contribution in [3.63, 3.8) is 0 Å². The molecule has 2 saturated heterocycles. The zero-order valence-electron chi connectivity index (χ0n) is 13.6. The van der Waals surface area contributed by atoms with E-state index in [-0.39, 0.29) is 35.1 Å². The van der Waals surface area contributed by atoms with Crippen LogP contribution in [0.15, 0.2) is 11.6 Å². The summed E-state index contributed by atoms with van der Waals surface area (Å²) in [6.07, 6.45) is 9.71. The van der Waals surface area contributed by atoms with Gasteiger partial charge in [0.1, 0.15) is 17.3 Å². The van der Waals surface area contributed by atoms with Gasteiger partial charge in [0.2, 0.25) is 0 Å². The van der Waals surface area contributed by atoms with Crippen LogP contribution in [0.25, 0.3) is 0 Å². The summed E-state index contributed by atoms with van der Waals surface area (Å²) in [6, 6.07) is 0. The van der Waals surface area contributed by atoms with Gasteiger partial charge in [-0.2, -0.15) is 0 Å². The second-order valence-corrected chi connectivity index (χ2v) is 7.55. The van der Waals surface area contributed by atoms with E-state index in [1.165, 1.54) is 25.7 Å². The minimum atomic E-state index is -0.370. The molecule has 0 aromatic carbocycles. The van der Waals surface area contributed by atoms with Crippen LogP contribution in [0.1, 0.15) is 51.9 Å². The van der Waals surface area contributed by atoms with Crippen molar-refractivity contribution in [2.75, 3.05) is 13.7 Å². The minimum Gasteiger partial charge on any atom is -0.373 e. The lowest BCUT2D eigenvalue weighted by atomic mass is 9.69. The zero-order chi connectivity index (χ0) is 15.4. The fourth-order valence-corrected chi connectivity index (χ4v) is 4.74. The fourth-order valence-electron chi connectivity index (χ4n) is 4.74. The average Bonchev–Trinajstić information content (AvgIpc) is 3.35. The lowest BCUT2D eigenvalue weighted by molar-refractivity contribution is -0.142. The first-order valence-corrected chi connectivity index (χ1v) is 8.64. The molecule has 0 amide bonds. The van der Waals surface area contributed by atoms with Crippen molar-refractivity contribution in [2.45, 2.75) is 75.3 Å². The number of hydrogen-bond acceptors (Lipinski definition) is 4. The Kier molecular flexibility index (Phi) is 3.48. The molecule has 4 heteroatoms. The second kappa shape index (κ2) is 5.15. The summed E-state index contributed by atoms with van der Waals surface area (Å²) in [6.45, 7) is 2.89. The lowest BCUT2D eigenvalue weighted by Gasteiger charge is -2.37. The molecule has 0 bridgehead atoms. The Bertz CT molecular complexity index is 499. The Balaban J connectivity index is 1.50. The van der Waals surface area contributed by atoms with E-state index in [2.05, 4.69) is 13.0 Å². The molecule has 4 nitrogen and oxygen atoms in total. The van der Waals surface area contributed by atoms with Gasteiger partial charge in [-0.15, -0.1) is 0 Å². The van der Waals surface area contributed by atoms with Gasteiger partial charge in [-0.1, -0.05) is 11.6 Å². The number of rotatable bonds is 4. The standard InChI is InChI=1S/C18H26O4/c1-17(14(22-17)8-7-12-5-3-4-6-12)16-15(20-2)13(19)9-10-18(16)11-21-18/h7,14-16H,3-6,8-11H2,1-2H3/t14-,15-,16-,17?,18+/m1/s1.